The van der Waals surface area contributed by atoms with Gasteiger partial charge in [-0.2, -0.15) is 4.98 Å². The molecule has 2 aliphatic rings. The number of phosphoric ester groups is 1. The zero-order valence-corrected chi connectivity index (χ0v) is 19.6. The Morgan fingerprint density at radius 1 is 1.28 bits per heavy atom. The molecule has 0 saturated carbocycles. The summed E-state index contributed by atoms with van der Waals surface area (Å²) < 4.78 is 21.7. The van der Waals surface area contributed by atoms with E-state index < -0.39 is 44.0 Å². The van der Waals surface area contributed by atoms with E-state index in [1.54, 1.807) is 0 Å². The number of aliphatic hydroxyl groups is 3. The molecule has 0 aliphatic carbocycles. The number of aliphatic hydroxyl groups excluding tert-OH is 2. The number of thiol groups is 1. The fraction of sp³-hybridized carbons (Fsp3) is 0.400. The van der Waals surface area contributed by atoms with Crippen molar-refractivity contribution in [2.75, 3.05) is 17.7 Å². The molecule has 2 aliphatic heterocycles. The van der Waals surface area contributed by atoms with E-state index >= 15 is 0 Å². The van der Waals surface area contributed by atoms with E-state index in [1.807, 2.05) is 0 Å². The van der Waals surface area contributed by atoms with E-state index in [-0.39, 0.29) is 29.0 Å². The van der Waals surface area contributed by atoms with Crippen molar-refractivity contribution in [3.63, 3.8) is 0 Å². The second-order valence-corrected chi connectivity index (χ2v) is 9.35. The first-order valence-electron chi connectivity index (χ1n) is 9.82. The number of hydrogen-bond acceptors (Lipinski definition) is 15. The molecule has 1 saturated heterocycles. The minimum absolute atomic E-state index is 0.00904. The van der Waals surface area contributed by atoms with Crippen molar-refractivity contribution in [1.82, 2.24) is 29.5 Å². The molecule has 1 fully saturated rings. The van der Waals surface area contributed by atoms with Crippen LogP contribution in [-0.4, -0.2) is 85.5 Å². The maximum absolute atomic E-state index is 11.0. The van der Waals surface area contributed by atoms with Crippen molar-refractivity contribution in [3.05, 3.63) is 28.7 Å². The first-order chi connectivity index (χ1) is 16.8. The highest BCUT2D eigenvalue weighted by molar-refractivity contribution is 7.81. The standard InChI is InChI=1S/C10H16N5O8PS.C5H5N5O/c11-9-13-7-6(10(18,25)14-9)12-2-15(7)8-5(17)4(16)3(23-8)1-22-24(19,20)21;6-5-9-3-2(4(11)10-5)7-1-8-3/h2-5,8,16-18,25H,1H2,(H3,11,13,14)(H2,19,20,21);1H,(H4,6,7,8,9,10,11)/t3-,4-,5-,8-,10?;/m1./s1. The van der Waals surface area contributed by atoms with Crippen LogP contribution < -0.4 is 22.3 Å². The number of nitrogens with zero attached hydrogens (tertiary/aromatic N) is 5. The molecule has 0 aromatic carbocycles. The van der Waals surface area contributed by atoms with Crippen molar-refractivity contribution in [2.24, 2.45) is 10.7 Å². The Bertz CT molecular complexity index is 1400. The number of imidazole rings is 2. The molecule has 0 spiro atoms. The summed E-state index contributed by atoms with van der Waals surface area (Å²) in [6, 6.07) is 0. The SMILES string of the molecule is NC1=NC(O)(S)c2ncn([C@@H]3O[C@H](COP(=O)(O)O)[C@@H](O)[C@H]3O)c2N1.Nc1nc2nc[nH]c2c(=O)[nH]1. The van der Waals surface area contributed by atoms with Gasteiger partial charge in [0.05, 0.1) is 19.3 Å². The van der Waals surface area contributed by atoms with Crippen LogP contribution in [0.2, 0.25) is 0 Å². The van der Waals surface area contributed by atoms with E-state index in [0.29, 0.717) is 11.2 Å². The predicted octanol–water partition coefficient (Wildman–Crippen LogP) is -3.39. The molecule has 196 valence electrons. The smallest absolute Gasteiger partial charge is 0.387 e. The molecule has 3 aromatic heterocycles. The molecule has 36 heavy (non-hydrogen) atoms. The summed E-state index contributed by atoms with van der Waals surface area (Å²) >= 11 is 3.95. The number of rotatable bonds is 4. The highest BCUT2D eigenvalue weighted by Gasteiger charge is 2.47. The van der Waals surface area contributed by atoms with Gasteiger partial charge in [-0.3, -0.25) is 18.9 Å². The van der Waals surface area contributed by atoms with Crippen LogP contribution in [0.3, 0.4) is 0 Å². The lowest BCUT2D eigenvalue weighted by Gasteiger charge is -2.26. The number of nitrogen functional groups attached to an aromatic ring is 1. The van der Waals surface area contributed by atoms with Gasteiger partial charge in [-0.1, -0.05) is 0 Å². The molecule has 21 heteroatoms. The number of anilines is 2. The molecule has 19 nitrogen and oxygen atoms in total. The normalized spacial score (nSPS) is 27.7. The third-order valence-electron chi connectivity index (χ3n) is 4.97. The number of guanidine groups is 1. The highest BCUT2D eigenvalue weighted by atomic mass is 32.1. The molecule has 5 heterocycles. The van der Waals surface area contributed by atoms with E-state index in [2.05, 4.69) is 52.4 Å². The number of nitrogens with two attached hydrogens (primary N) is 2. The van der Waals surface area contributed by atoms with Crippen LogP contribution in [0.1, 0.15) is 11.9 Å². The van der Waals surface area contributed by atoms with Crippen molar-refractivity contribution >= 4 is 49.3 Å². The minimum atomic E-state index is -4.77. The van der Waals surface area contributed by atoms with Gasteiger partial charge in [0, 0.05) is 0 Å². The summed E-state index contributed by atoms with van der Waals surface area (Å²) in [5, 5.41) is 30.9. The average molecular weight is 548 g/mol. The van der Waals surface area contributed by atoms with E-state index in [4.69, 9.17) is 26.0 Å². The van der Waals surface area contributed by atoms with Gasteiger partial charge in [-0.25, -0.2) is 19.5 Å². The number of fused-ring (bicyclic) bond motifs is 2. The molecule has 5 atom stereocenters. The van der Waals surface area contributed by atoms with Crippen LogP contribution in [0.4, 0.5) is 11.8 Å². The summed E-state index contributed by atoms with van der Waals surface area (Å²) in [5.74, 6) is 0.0357. The zero-order valence-electron chi connectivity index (χ0n) is 17.8. The van der Waals surface area contributed by atoms with Gasteiger partial charge in [0.15, 0.2) is 23.4 Å². The summed E-state index contributed by atoms with van der Waals surface area (Å²) in [6.07, 6.45) is -2.78. The average Bonchev–Trinajstić information content (AvgIpc) is 3.45. The van der Waals surface area contributed by atoms with E-state index in [1.165, 1.54) is 17.2 Å². The number of H-pyrrole nitrogens is 2. The summed E-state index contributed by atoms with van der Waals surface area (Å²) in [5.41, 5.74) is 11.2. The second-order valence-electron chi connectivity index (χ2n) is 7.49. The van der Waals surface area contributed by atoms with Crippen molar-refractivity contribution in [3.8, 4) is 0 Å². The van der Waals surface area contributed by atoms with Crippen LogP contribution in [0, 0.1) is 0 Å². The Morgan fingerprint density at radius 3 is 2.69 bits per heavy atom. The summed E-state index contributed by atoms with van der Waals surface area (Å²) in [6.45, 7) is -0.649. The van der Waals surface area contributed by atoms with Crippen LogP contribution in [-0.2, 0) is 18.9 Å². The first kappa shape index (κ1) is 26.0. The lowest BCUT2D eigenvalue weighted by molar-refractivity contribution is -0.0512. The van der Waals surface area contributed by atoms with Crippen LogP contribution in [0.5, 0.6) is 0 Å². The van der Waals surface area contributed by atoms with E-state index in [9.17, 15) is 24.7 Å². The van der Waals surface area contributed by atoms with Gasteiger partial charge in [0.25, 0.3) is 10.6 Å². The second kappa shape index (κ2) is 9.42. The Labute approximate surface area is 204 Å². The monoisotopic (exact) mass is 548 g/mol. The Morgan fingerprint density at radius 2 is 2.00 bits per heavy atom. The number of aromatic nitrogens is 6. The fourth-order valence-electron chi connectivity index (χ4n) is 3.42. The number of hydrogen-bond donors (Lipinski definition) is 11. The lowest BCUT2D eigenvalue weighted by Crippen LogP contribution is -2.36. The topological polar surface area (TPSA) is 305 Å². The molecule has 0 amide bonds. The van der Waals surface area contributed by atoms with Gasteiger partial charge in [-0.15, -0.1) is 12.6 Å². The highest BCUT2D eigenvalue weighted by Crippen LogP contribution is 2.41. The first-order valence-corrected chi connectivity index (χ1v) is 11.8. The molecule has 0 bridgehead atoms. The van der Waals surface area contributed by atoms with Crippen LogP contribution in [0.25, 0.3) is 11.2 Å². The molecular weight excluding hydrogens is 527 g/mol. The van der Waals surface area contributed by atoms with Crippen molar-refractivity contribution in [1.29, 1.82) is 0 Å². The number of aromatic amines is 2. The Kier molecular flexibility index (Phi) is 6.81. The van der Waals surface area contributed by atoms with Gasteiger partial charge in [-0.05, 0) is 0 Å². The van der Waals surface area contributed by atoms with Gasteiger partial charge in [0.1, 0.15) is 29.8 Å². The minimum Gasteiger partial charge on any atom is -0.387 e. The van der Waals surface area contributed by atoms with Gasteiger partial charge in [0.2, 0.25) is 5.95 Å². The third-order valence-corrected chi connectivity index (χ3v) is 5.76. The Hall–Kier alpha value is -3.07. The zero-order chi connectivity index (χ0) is 26.4. The predicted molar refractivity (Wildman–Crippen MR) is 123 cm³/mol. The maximum Gasteiger partial charge on any atom is 0.469 e. The maximum atomic E-state index is 11.0. The van der Waals surface area contributed by atoms with Crippen LogP contribution >= 0.6 is 20.5 Å². The third kappa shape index (κ3) is 5.21. The molecule has 3 aromatic rings. The Balaban J connectivity index is 0.000000229. The quantitative estimate of drug-likeness (QED) is 0.0860. The molecule has 1 unspecified atom stereocenters. The number of nitrogens with one attached hydrogen (secondary N) is 3. The van der Waals surface area contributed by atoms with Gasteiger partial charge >= 0.3 is 7.82 Å². The molecule has 12 N–H and O–H groups in total. The number of aliphatic imine (C=N–C) groups is 1. The van der Waals surface area contributed by atoms with Crippen molar-refractivity contribution in [2.45, 2.75) is 29.6 Å². The number of ether oxygens (including phenoxy) is 1. The summed E-state index contributed by atoms with van der Waals surface area (Å²) in [4.78, 5) is 48.6. The summed E-state index contributed by atoms with van der Waals surface area (Å²) in [7, 11) is -4.77. The largest absolute Gasteiger partial charge is 0.469 e. The molecular formula is C15H21N10O9PS. The molecule has 5 rings (SSSR count). The number of phosphoric acid groups is 1. The van der Waals surface area contributed by atoms with Crippen molar-refractivity contribution < 1.29 is 38.9 Å². The lowest BCUT2D eigenvalue weighted by atomic mass is 10.1. The van der Waals surface area contributed by atoms with Crippen LogP contribution in [0.15, 0.2) is 22.4 Å². The molecule has 0 radical (unpaired) electrons. The fourth-order valence-corrected chi connectivity index (χ4v) is 4.03. The van der Waals surface area contributed by atoms with E-state index in [0.717, 1.165) is 0 Å². The van der Waals surface area contributed by atoms with Gasteiger partial charge < -0.3 is 51.6 Å².